The lowest BCUT2D eigenvalue weighted by Crippen LogP contribution is -2.17. The fourth-order valence-corrected chi connectivity index (χ4v) is 2.98. The molecule has 0 amide bonds. The summed E-state index contributed by atoms with van der Waals surface area (Å²) in [5.41, 5.74) is 2.54. The molecule has 2 aromatic rings. The molecule has 0 aliphatic rings. The molecular formula is C17H21NOS. The first-order valence-electron chi connectivity index (χ1n) is 6.93. The van der Waals surface area contributed by atoms with Crippen LogP contribution in [0.25, 0.3) is 0 Å². The number of benzene rings is 2. The number of phenols is 1. The van der Waals surface area contributed by atoms with Gasteiger partial charge in [-0.2, -0.15) is 0 Å². The predicted molar refractivity (Wildman–Crippen MR) is 86.2 cm³/mol. The Hall–Kier alpha value is -1.45. The molecule has 20 heavy (non-hydrogen) atoms. The van der Waals surface area contributed by atoms with E-state index < -0.39 is 0 Å². The SMILES string of the molecule is CCNC(C)c1cccc(SCc2ccc(O)cc2)c1. The van der Waals surface area contributed by atoms with Crippen LogP contribution in [0.3, 0.4) is 0 Å². The van der Waals surface area contributed by atoms with E-state index in [1.54, 1.807) is 12.1 Å². The minimum absolute atomic E-state index is 0.320. The van der Waals surface area contributed by atoms with Gasteiger partial charge in [-0.15, -0.1) is 11.8 Å². The van der Waals surface area contributed by atoms with Gasteiger partial charge in [0.05, 0.1) is 0 Å². The first-order chi connectivity index (χ1) is 9.69. The van der Waals surface area contributed by atoms with E-state index in [0.717, 1.165) is 12.3 Å². The Labute approximate surface area is 125 Å². The van der Waals surface area contributed by atoms with Crippen LogP contribution < -0.4 is 5.32 Å². The molecule has 0 spiro atoms. The smallest absolute Gasteiger partial charge is 0.115 e. The lowest BCUT2D eigenvalue weighted by Gasteiger charge is -2.13. The van der Waals surface area contributed by atoms with Gasteiger partial charge in [-0.05, 0) is 48.9 Å². The average molecular weight is 287 g/mol. The summed E-state index contributed by atoms with van der Waals surface area (Å²) in [5, 5.41) is 12.7. The van der Waals surface area contributed by atoms with Crippen molar-refractivity contribution in [3.05, 3.63) is 59.7 Å². The van der Waals surface area contributed by atoms with E-state index in [9.17, 15) is 5.11 Å². The summed E-state index contributed by atoms with van der Waals surface area (Å²) in [4.78, 5) is 1.28. The molecule has 0 fully saturated rings. The number of aromatic hydroxyl groups is 1. The molecule has 0 aromatic heterocycles. The molecule has 0 saturated carbocycles. The molecule has 3 heteroatoms. The Morgan fingerprint density at radius 1 is 1.15 bits per heavy atom. The van der Waals surface area contributed by atoms with Gasteiger partial charge in [-0.1, -0.05) is 31.2 Å². The summed E-state index contributed by atoms with van der Waals surface area (Å²) in [6.45, 7) is 5.29. The number of hydrogen-bond acceptors (Lipinski definition) is 3. The molecule has 1 atom stereocenters. The van der Waals surface area contributed by atoms with Crippen LogP contribution in [0.5, 0.6) is 5.75 Å². The normalized spacial score (nSPS) is 12.3. The van der Waals surface area contributed by atoms with Gasteiger partial charge in [0.25, 0.3) is 0 Å². The zero-order valence-electron chi connectivity index (χ0n) is 12.0. The maximum atomic E-state index is 9.28. The summed E-state index contributed by atoms with van der Waals surface area (Å²) in [6.07, 6.45) is 0. The van der Waals surface area contributed by atoms with Crippen LogP contribution in [-0.2, 0) is 5.75 Å². The highest BCUT2D eigenvalue weighted by molar-refractivity contribution is 7.98. The fourth-order valence-electron chi connectivity index (χ4n) is 2.06. The highest BCUT2D eigenvalue weighted by Crippen LogP contribution is 2.26. The van der Waals surface area contributed by atoms with Crippen molar-refractivity contribution in [1.82, 2.24) is 5.32 Å². The van der Waals surface area contributed by atoms with E-state index in [2.05, 4.69) is 43.4 Å². The van der Waals surface area contributed by atoms with Gasteiger partial charge in [-0.25, -0.2) is 0 Å². The van der Waals surface area contributed by atoms with E-state index in [1.165, 1.54) is 16.0 Å². The number of thioether (sulfide) groups is 1. The first-order valence-corrected chi connectivity index (χ1v) is 7.91. The van der Waals surface area contributed by atoms with Crippen LogP contribution in [0.2, 0.25) is 0 Å². The average Bonchev–Trinajstić information content (AvgIpc) is 2.47. The lowest BCUT2D eigenvalue weighted by atomic mass is 10.1. The Kier molecular flexibility index (Phi) is 5.50. The molecule has 106 valence electrons. The zero-order valence-corrected chi connectivity index (χ0v) is 12.8. The van der Waals surface area contributed by atoms with Crippen molar-refractivity contribution in [3.8, 4) is 5.75 Å². The van der Waals surface area contributed by atoms with Crippen LogP contribution >= 0.6 is 11.8 Å². The van der Waals surface area contributed by atoms with E-state index in [4.69, 9.17) is 0 Å². The van der Waals surface area contributed by atoms with Crippen LogP contribution in [0.15, 0.2) is 53.4 Å². The minimum atomic E-state index is 0.320. The molecule has 0 bridgehead atoms. The summed E-state index contributed by atoms with van der Waals surface area (Å²) >= 11 is 1.82. The second kappa shape index (κ2) is 7.36. The van der Waals surface area contributed by atoms with E-state index in [0.29, 0.717) is 11.8 Å². The van der Waals surface area contributed by atoms with Crippen LogP contribution in [0.4, 0.5) is 0 Å². The van der Waals surface area contributed by atoms with Crippen molar-refractivity contribution in [1.29, 1.82) is 0 Å². The highest BCUT2D eigenvalue weighted by Gasteiger charge is 2.04. The van der Waals surface area contributed by atoms with Gasteiger partial charge in [0.15, 0.2) is 0 Å². The van der Waals surface area contributed by atoms with Crippen molar-refractivity contribution in [2.45, 2.75) is 30.5 Å². The Balaban J connectivity index is 1.99. The largest absolute Gasteiger partial charge is 0.508 e. The molecule has 0 saturated heterocycles. The van der Waals surface area contributed by atoms with Crippen LogP contribution in [0, 0.1) is 0 Å². The third-order valence-corrected chi connectivity index (χ3v) is 4.28. The summed E-state index contributed by atoms with van der Waals surface area (Å²) < 4.78 is 0. The van der Waals surface area contributed by atoms with Crippen molar-refractivity contribution in [3.63, 3.8) is 0 Å². The quantitative estimate of drug-likeness (QED) is 0.774. The minimum Gasteiger partial charge on any atom is -0.508 e. The summed E-state index contributed by atoms with van der Waals surface area (Å²) in [5.74, 6) is 1.24. The first kappa shape index (κ1) is 14.9. The monoisotopic (exact) mass is 287 g/mol. The van der Waals surface area contributed by atoms with Gasteiger partial charge in [0, 0.05) is 16.7 Å². The predicted octanol–water partition coefficient (Wildman–Crippen LogP) is 4.36. The molecule has 0 heterocycles. The van der Waals surface area contributed by atoms with Crippen LogP contribution in [0.1, 0.15) is 31.0 Å². The maximum absolute atomic E-state index is 9.28. The van der Waals surface area contributed by atoms with E-state index in [1.807, 2.05) is 23.9 Å². The van der Waals surface area contributed by atoms with Crippen molar-refractivity contribution < 1.29 is 5.11 Å². The molecule has 0 aliphatic heterocycles. The Bertz CT molecular complexity index is 539. The lowest BCUT2D eigenvalue weighted by molar-refractivity contribution is 0.475. The van der Waals surface area contributed by atoms with Crippen molar-refractivity contribution in [2.24, 2.45) is 0 Å². The molecule has 2 nitrogen and oxygen atoms in total. The van der Waals surface area contributed by atoms with E-state index >= 15 is 0 Å². The van der Waals surface area contributed by atoms with Gasteiger partial charge in [0.2, 0.25) is 0 Å². The van der Waals surface area contributed by atoms with E-state index in [-0.39, 0.29) is 0 Å². The fraction of sp³-hybridized carbons (Fsp3) is 0.294. The third-order valence-electron chi connectivity index (χ3n) is 3.21. The number of nitrogens with one attached hydrogen (secondary N) is 1. The Morgan fingerprint density at radius 3 is 2.60 bits per heavy atom. The Morgan fingerprint density at radius 2 is 1.90 bits per heavy atom. The zero-order chi connectivity index (χ0) is 14.4. The van der Waals surface area contributed by atoms with Crippen molar-refractivity contribution in [2.75, 3.05) is 6.54 Å². The molecule has 0 radical (unpaired) electrons. The maximum Gasteiger partial charge on any atom is 0.115 e. The molecule has 0 aliphatic carbocycles. The number of rotatable bonds is 6. The standard InChI is InChI=1S/C17H21NOS/c1-3-18-13(2)15-5-4-6-17(11-15)20-12-14-7-9-16(19)10-8-14/h4-11,13,18-19H,3,12H2,1-2H3. The van der Waals surface area contributed by atoms with Gasteiger partial charge in [0.1, 0.15) is 5.75 Å². The molecule has 2 N–H and O–H groups in total. The second-order valence-corrected chi connectivity index (χ2v) is 5.86. The summed E-state index contributed by atoms with van der Waals surface area (Å²) in [6, 6.07) is 16.5. The second-order valence-electron chi connectivity index (χ2n) is 4.81. The number of phenolic OH excluding ortho intramolecular Hbond substituents is 1. The molecule has 1 unspecified atom stereocenters. The number of hydrogen-bond donors (Lipinski definition) is 2. The topological polar surface area (TPSA) is 32.3 Å². The van der Waals surface area contributed by atoms with Gasteiger partial charge < -0.3 is 10.4 Å². The van der Waals surface area contributed by atoms with Gasteiger partial charge >= 0.3 is 0 Å². The third kappa shape index (κ3) is 4.29. The molecule has 2 aromatic carbocycles. The van der Waals surface area contributed by atoms with Gasteiger partial charge in [-0.3, -0.25) is 0 Å². The molecule has 2 rings (SSSR count). The van der Waals surface area contributed by atoms with Crippen molar-refractivity contribution >= 4 is 11.8 Å². The van der Waals surface area contributed by atoms with Crippen LogP contribution in [-0.4, -0.2) is 11.7 Å². The summed E-state index contributed by atoms with van der Waals surface area (Å²) in [7, 11) is 0. The molecular weight excluding hydrogens is 266 g/mol. The highest BCUT2D eigenvalue weighted by atomic mass is 32.2.